The third-order valence-electron chi connectivity index (χ3n) is 1.88. The average Bonchev–Trinajstić information content (AvgIpc) is 2.21. The Kier molecular flexibility index (Phi) is 1.91. The quantitative estimate of drug-likeness (QED) is 0.591. The fourth-order valence-corrected chi connectivity index (χ4v) is 1.26. The van der Waals surface area contributed by atoms with Gasteiger partial charge in [-0.2, -0.15) is 0 Å². The number of hydrogen-bond acceptors (Lipinski definition) is 0. The molecule has 0 heterocycles. The van der Waals surface area contributed by atoms with Crippen LogP contribution in [0.2, 0.25) is 0 Å². The molecule has 0 aliphatic carbocycles. The standard InChI is InChI=1S/C12H10.2H2/c1-3-7-11(8-4-1)12-9-5-2-6-10-12;;/h1-10H;2*1H. The monoisotopic (exact) mass is 158 g/mol. The SMILES string of the molecule is [HH].[HH].c1ccc(-c2ccccc2)cc1. The van der Waals surface area contributed by atoms with Crippen LogP contribution in [0.3, 0.4) is 0 Å². The molecule has 0 aliphatic heterocycles. The first-order chi connectivity index (χ1) is 5.97. The lowest BCUT2D eigenvalue weighted by Gasteiger charge is -1.98. The highest BCUT2D eigenvalue weighted by molar-refractivity contribution is 5.62. The first-order valence-corrected chi connectivity index (χ1v) is 4.07. The Balaban J connectivity index is 0.000000845. The zero-order valence-corrected chi connectivity index (χ0v) is 6.77. The maximum atomic E-state index is 2.12. The van der Waals surface area contributed by atoms with E-state index in [-0.39, 0.29) is 2.85 Å². The van der Waals surface area contributed by atoms with E-state index in [2.05, 4.69) is 48.5 Å². The summed E-state index contributed by atoms with van der Waals surface area (Å²) in [5.41, 5.74) is 2.55. The van der Waals surface area contributed by atoms with Gasteiger partial charge in [-0.25, -0.2) is 0 Å². The summed E-state index contributed by atoms with van der Waals surface area (Å²) in [7, 11) is 0. The van der Waals surface area contributed by atoms with E-state index in [9.17, 15) is 0 Å². The summed E-state index contributed by atoms with van der Waals surface area (Å²) < 4.78 is 0. The largest absolute Gasteiger partial charge is 0.0622 e. The molecule has 0 unspecified atom stereocenters. The van der Waals surface area contributed by atoms with E-state index >= 15 is 0 Å². The normalized spacial score (nSPS) is 9.67. The van der Waals surface area contributed by atoms with Crippen LogP contribution in [0.5, 0.6) is 0 Å². The number of hydrogen-bond donors (Lipinski definition) is 0. The summed E-state index contributed by atoms with van der Waals surface area (Å²) in [5, 5.41) is 0. The van der Waals surface area contributed by atoms with Gasteiger partial charge in [0.05, 0.1) is 0 Å². The summed E-state index contributed by atoms with van der Waals surface area (Å²) >= 11 is 0. The number of benzene rings is 2. The maximum absolute atomic E-state index is 2.12. The summed E-state index contributed by atoms with van der Waals surface area (Å²) in [6.45, 7) is 0. The van der Waals surface area contributed by atoms with Gasteiger partial charge in [0.2, 0.25) is 0 Å². The molecule has 0 N–H and O–H groups in total. The third-order valence-corrected chi connectivity index (χ3v) is 1.88. The van der Waals surface area contributed by atoms with Crippen LogP contribution in [0.15, 0.2) is 60.7 Å². The Hall–Kier alpha value is -1.56. The van der Waals surface area contributed by atoms with Crippen molar-refractivity contribution < 1.29 is 2.85 Å². The molecule has 0 aromatic heterocycles. The molecule has 0 amide bonds. The summed E-state index contributed by atoms with van der Waals surface area (Å²) in [4.78, 5) is 0. The van der Waals surface area contributed by atoms with E-state index in [1.165, 1.54) is 11.1 Å². The van der Waals surface area contributed by atoms with Gasteiger partial charge in [0.1, 0.15) is 0 Å². The van der Waals surface area contributed by atoms with Crippen LogP contribution in [0.25, 0.3) is 11.1 Å². The fourth-order valence-electron chi connectivity index (χ4n) is 1.26. The van der Waals surface area contributed by atoms with Crippen molar-refractivity contribution in [3.63, 3.8) is 0 Å². The molecule has 62 valence electrons. The van der Waals surface area contributed by atoms with Crippen molar-refractivity contribution in [1.29, 1.82) is 0 Å². The fraction of sp³-hybridized carbons (Fsp3) is 0. The van der Waals surface area contributed by atoms with Crippen LogP contribution >= 0.6 is 0 Å². The van der Waals surface area contributed by atoms with Crippen LogP contribution in [0.4, 0.5) is 0 Å². The van der Waals surface area contributed by atoms with Crippen LogP contribution < -0.4 is 0 Å². The minimum Gasteiger partial charge on any atom is -0.0622 e. The molecule has 2 rings (SSSR count). The van der Waals surface area contributed by atoms with E-state index in [0.717, 1.165) is 0 Å². The highest BCUT2D eigenvalue weighted by Crippen LogP contribution is 2.17. The third kappa shape index (κ3) is 1.37. The average molecular weight is 158 g/mol. The Labute approximate surface area is 75.5 Å². The second-order valence-electron chi connectivity index (χ2n) is 2.73. The molecule has 0 heteroatoms. The summed E-state index contributed by atoms with van der Waals surface area (Å²) in [6, 6.07) is 20.8. The molecule has 0 bridgehead atoms. The molecule has 0 saturated carbocycles. The molecule has 12 heavy (non-hydrogen) atoms. The van der Waals surface area contributed by atoms with Gasteiger partial charge in [0.25, 0.3) is 0 Å². The highest BCUT2D eigenvalue weighted by Gasteiger charge is 1.91. The van der Waals surface area contributed by atoms with Crippen molar-refractivity contribution in [2.45, 2.75) is 0 Å². The predicted molar refractivity (Wildman–Crippen MR) is 56.1 cm³/mol. The van der Waals surface area contributed by atoms with E-state index in [4.69, 9.17) is 0 Å². The topological polar surface area (TPSA) is 0 Å². The molecule has 0 spiro atoms. The zero-order chi connectivity index (χ0) is 8.23. The lowest BCUT2D eigenvalue weighted by Crippen LogP contribution is -1.73. The van der Waals surface area contributed by atoms with Crippen molar-refractivity contribution in [2.75, 3.05) is 0 Å². The van der Waals surface area contributed by atoms with Gasteiger partial charge in [-0.1, -0.05) is 60.7 Å². The van der Waals surface area contributed by atoms with E-state index in [1.807, 2.05) is 12.1 Å². The maximum Gasteiger partial charge on any atom is 0 e. The zero-order valence-electron chi connectivity index (χ0n) is 6.77. The first kappa shape index (κ1) is 7.11. The first-order valence-electron chi connectivity index (χ1n) is 4.07. The molecule has 0 fully saturated rings. The van der Waals surface area contributed by atoms with Gasteiger partial charge < -0.3 is 0 Å². The van der Waals surface area contributed by atoms with Gasteiger partial charge in [0, 0.05) is 2.85 Å². The summed E-state index contributed by atoms with van der Waals surface area (Å²) in [5.74, 6) is 0. The molecule has 0 radical (unpaired) electrons. The smallest absolute Gasteiger partial charge is 0 e. The number of rotatable bonds is 1. The van der Waals surface area contributed by atoms with Crippen LogP contribution in [0, 0.1) is 0 Å². The van der Waals surface area contributed by atoms with Crippen molar-refractivity contribution >= 4 is 0 Å². The van der Waals surface area contributed by atoms with Gasteiger partial charge in [0.15, 0.2) is 0 Å². The molecule has 0 saturated heterocycles. The minimum absolute atomic E-state index is 0. The van der Waals surface area contributed by atoms with E-state index in [0.29, 0.717) is 0 Å². The van der Waals surface area contributed by atoms with Crippen LogP contribution in [0.1, 0.15) is 2.85 Å². The predicted octanol–water partition coefficient (Wildman–Crippen LogP) is 3.85. The Morgan fingerprint density at radius 3 is 1.17 bits per heavy atom. The highest BCUT2D eigenvalue weighted by atomic mass is 14.0. The Morgan fingerprint density at radius 1 is 0.500 bits per heavy atom. The van der Waals surface area contributed by atoms with Crippen LogP contribution in [-0.2, 0) is 0 Å². The summed E-state index contributed by atoms with van der Waals surface area (Å²) in [6.07, 6.45) is 0. The molecule has 0 atom stereocenters. The molecule has 0 nitrogen and oxygen atoms in total. The lowest BCUT2D eigenvalue weighted by molar-refractivity contribution is 1.62. The molecule has 2 aromatic rings. The van der Waals surface area contributed by atoms with E-state index in [1.54, 1.807) is 0 Å². The molecule has 0 aliphatic rings. The van der Waals surface area contributed by atoms with E-state index < -0.39 is 0 Å². The van der Waals surface area contributed by atoms with Gasteiger partial charge in [-0.15, -0.1) is 0 Å². The Bertz CT molecular complexity index is 306. The van der Waals surface area contributed by atoms with Gasteiger partial charge in [-0.05, 0) is 11.1 Å². The second kappa shape index (κ2) is 3.22. The van der Waals surface area contributed by atoms with Crippen molar-refractivity contribution in [2.24, 2.45) is 0 Å². The molecular weight excluding hydrogens is 144 g/mol. The second-order valence-corrected chi connectivity index (χ2v) is 2.73. The van der Waals surface area contributed by atoms with Crippen molar-refractivity contribution in [3.8, 4) is 11.1 Å². The molecular formula is C12H14. The van der Waals surface area contributed by atoms with Gasteiger partial charge in [-0.3, -0.25) is 0 Å². The Morgan fingerprint density at radius 2 is 0.833 bits per heavy atom. The molecule has 2 aromatic carbocycles. The minimum atomic E-state index is 0. The van der Waals surface area contributed by atoms with Crippen molar-refractivity contribution in [1.82, 2.24) is 0 Å². The van der Waals surface area contributed by atoms with Crippen LogP contribution in [-0.4, -0.2) is 0 Å². The lowest BCUT2D eigenvalue weighted by atomic mass is 10.1. The van der Waals surface area contributed by atoms with Crippen molar-refractivity contribution in [3.05, 3.63) is 60.7 Å². The van der Waals surface area contributed by atoms with Gasteiger partial charge >= 0.3 is 0 Å².